The summed E-state index contributed by atoms with van der Waals surface area (Å²) in [5.74, 6) is -5.52. The van der Waals surface area contributed by atoms with Gasteiger partial charge in [0.1, 0.15) is 22.3 Å². The minimum Gasteiger partial charge on any atom is -0.506 e. The molecule has 0 amide bonds. The number of carbonyl (C=O) groups is 7. The molecule has 0 saturated carbocycles. The number of pyridine rings is 4. The molecule has 4 heterocycles. The summed E-state index contributed by atoms with van der Waals surface area (Å²) < 4.78 is 26.4. The van der Waals surface area contributed by atoms with Crippen LogP contribution in [-0.4, -0.2) is 90.7 Å². The number of aliphatic hydroxyl groups excluding tert-OH is 1. The Morgan fingerprint density at radius 2 is 0.697 bits per heavy atom. The van der Waals surface area contributed by atoms with Crippen LogP contribution in [0.2, 0.25) is 0 Å². The molecule has 4 aliphatic rings. The number of hydrogen-bond acceptors (Lipinski definition) is 12. The van der Waals surface area contributed by atoms with Crippen molar-refractivity contribution in [1.29, 1.82) is 0 Å². The number of carbonyl (C=O) groups excluding carboxylic acids is 4. The van der Waals surface area contributed by atoms with Gasteiger partial charge < -0.3 is 39.4 Å². The predicted octanol–water partition coefficient (Wildman–Crippen LogP) is 5.09. The fourth-order valence-corrected chi connectivity index (χ4v) is 12.0. The molecule has 396 valence electrons. The van der Waals surface area contributed by atoms with Crippen LogP contribution >= 0.6 is 0 Å². The van der Waals surface area contributed by atoms with Gasteiger partial charge in [0.2, 0.25) is 26.2 Å². The summed E-state index contributed by atoms with van der Waals surface area (Å²) in [6.45, 7) is 18.3. The Balaban J connectivity index is 0.000000221. The van der Waals surface area contributed by atoms with Crippen molar-refractivity contribution in [1.82, 2.24) is 0 Å². The number of hydrogen-bond donors (Lipinski definition) is 4. The van der Waals surface area contributed by atoms with E-state index in [-0.39, 0.29) is 48.6 Å². The Morgan fingerprint density at radius 3 is 1.00 bits per heavy atom. The molecule has 0 bridgehead atoms. The van der Waals surface area contributed by atoms with E-state index in [4.69, 9.17) is 18.9 Å². The average molecular weight is 1040 g/mol. The van der Waals surface area contributed by atoms with Crippen molar-refractivity contribution in [2.24, 2.45) is 0 Å². The van der Waals surface area contributed by atoms with E-state index >= 15 is 0 Å². The lowest BCUT2D eigenvalue weighted by molar-refractivity contribution is -0.691. The highest BCUT2D eigenvalue weighted by Gasteiger charge is 2.57. The van der Waals surface area contributed by atoms with Gasteiger partial charge in [-0.05, 0) is 61.1 Å². The third-order valence-electron chi connectivity index (χ3n) is 15.4. The number of aliphatic hydroxyl groups is 1. The van der Waals surface area contributed by atoms with Crippen molar-refractivity contribution < 1.29 is 91.2 Å². The van der Waals surface area contributed by atoms with Gasteiger partial charge in [0.25, 0.3) is 0 Å². The molecule has 0 radical (unpaired) electrons. The van der Waals surface area contributed by atoms with Crippen molar-refractivity contribution in [3.63, 3.8) is 0 Å². The summed E-state index contributed by atoms with van der Waals surface area (Å²) >= 11 is 0. The van der Waals surface area contributed by atoms with Gasteiger partial charge in [-0.25, -0.2) is 33.6 Å². The van der Waals surface area contributed by atoms with Crippen LogP contribution in [0.3, 0.4) is 0 Å². The Kier molecular flexibility index (Phi) is 14.5. The summed E-state index contributed by atoms with van der Waals surface area (Å²) in [5.41, 5.74) is 6.92. The zero-order chi connectivity index (χ0) is 56.3. The van der Waals surface area contributed by atoms with Crippen LogP contribution in [0.4, 0.5) is 0 Å². The molecule has 4 aromatic rings. The normalized spacial score (nSPS) is 21.2. The number of carboxylic acid groups (broad SMARTS) is 3. The lowest BCUT2D eigenvalue weighted by Gasteiger charge is -2.42. The summed E-state index contributed by atoms with van der Waals surface area (Å²) in [4.78, 5) is 86.4. The van der Waals surface area contributed by atoms with Crippen molar-refractivity contribution in [2.45, 2.75) is 103 Å². The molecule has 0 aliphatic heterocycles. The first-order chi connectivity index (χ1) is 35.5. The molecular formula is C57H62N4O15+4. The smallest absolute Gasteiger partial charge is 0.370 e. The van der Waals surface area contributed by atoms with Gasteiger partial charge in [-0.1, -0.05) is 58.6 Å². The molecule has 0 saturated heterocycles. The van der Waals surface area contributed by atoms with E-state index in [0.717, 1.165) is 39.0 Å². The van der Waals surface area contributed by atoms with E-state index in [1.165, 1.54) is 60.7 Å². The summed E-state index contributed by atoms with van der Waals surface area (Å²) in [6.07, 6.45) is 21.3. The maximum atomic E-state index is 13.1. The Labute approximate surface area is 438 Å². The molecule has 0 aromatic carbocycles. The molecule has 0 spiro atoms. The van der Waals surface area contributed by atoms with Gasteiger partial charge in [-0.2, -0.15) is 18.3 Å². The summed E-state index contributed by atoms with van der Waals surface area (Å²) in [7, 11) is 5.14. The second-order valence-corrected chi connectivity index (χ2v) is 20.4. The van der Waals surface area contributed by atoms with Crippen molar-refractivity contribution in [3.05, 3.63) is 153 Å². The van der Waals surface area contributed by atoms with Gasteiger partial charge in [-0.3, -0.25) is 0 Å². The number of ether oxygens (including phenoxy) is 4. The number of carboxylic acids is 3. The van der Waals surface area contributed by atoms with Gasteiger partial charge in [-0.15, -0.1) is 0 Å². The first-order valence-electron chi connectivity index (χ1n) is 24.0. The molecule has 0 fully saturated rings. The van der Waals surface area contributed by atoms with Crippen molar-refractivity contribution >= 4 is 64.1 Å². The Morgan fingerprint density at radius 1 is 0.421 bits per heavy atom. The van der Waals surface area contributed by atoms with Gasteiger partial charge >= 0.3 is 41.8 Å². The van der Waals surface area contributed by atoms with Crippen molar-refractivity contribution in [3.8, 4) is 0 Å². The topological polar surface area (TPSA) is 253 Å². The minimum absolute atomic E-state index is 0.0548. The maximum absolute atomic E-state index is 13.1. The van der Waals surface area contributed by atoms with E-state index in [1.807, 2.05) is 73.7 Å². The standard InChI is InChI=1S/C29H30N2O7.C28H28N2O8/c1-16-8-28(4,24-19(16)11-30(10-18(3)32)13-21(24)26(35)37-6)29(5)9-17(2)20-12-31(15-23(33)34)14-22(25(20)29)27(36)38-7;1-15-7-27(3,19-11-29(13-21(31)32)9-17(23(15)19)25(35)37-5)28(4)8-16(2)24-18(26(36)38-6)10-30(12-20(24)28)14-22(33)34/h8-9,11-14H,3,10,15H2,1-2,4-7H3;7-12H,13-14H2,1-6H3/p+4. The summed E-state index contributed by atoms with van der Waals surface area (Å²) in [6, 6.07) is 0. The zero-order valence-corrected chi connectivity index (χ0v) is 44.5. The van der Waals surface area contributed by atoms with Crippen LogP contribution in [0.5, 0.6) is 0 Å². The number of rotatable bonds is 14. The van der Waals surface area contributed by atoms with Gasteiger partial charge in [0, 0.05) is 55.0 Å². The molecule has 4 aliphatic carbocycles. The molecule has 76 heavy (non-hydrogen) atoms. The molecule has 19 nitrogen and oxygen atoms in total. The zero-order valence-electron chi connectivity index (χ0n) is 44.5. The monoisotopic (exact) mass is 1040 g/mol. The molecule has 4 atom stereocenters. The molecular weight excluding hydrogens is 981 g/mol. The largest absolute Gasteiger partial charge is 0.506 e. The second-order valence-electron chi connectivity index (χ2n) is 20.4. The highest BCUT2D eigenvalue weighted by Crippen LogP contribution is 2.60. The van der Waals surface area contributed by atoms with Gasteiger partial charge in [0.05, 0.1) is 28.4 Å². The molecule has 19 heteroatoms. The average Bonchev–Trinajstić information content (AvgIpc) is 4.00. The first kappa shape index (κ1) is 55.1. The number of nitrogens with zero attached hydrogens (tertiary/aromatic N) is 4. The number of fused-ring (bicyclic) bond motifs is 4. The quantitative estimate of drug-likeness (QED) is 0.0555. The van der Waals surface area contributed by atoms with E-state index in [9.17, 15) is 54.0 Å². The van der Waals surface area contributed by atoms with Crippen LogP contribution < -0.4 is 18.3 Å². The maximum Gasteiger partial charge on any atom is 0.370 e. The number of aliphatic carboxylic acids is 3. The van der Waals surface area contributed by atoms with E-state index in [1.54, 1.807) is 29.4 Å². The molecule has 4 unspecified atom stereocenters. The van der Waals surface area contributed by atoms with Crippen LogP contribution in [0.15, 0.2) is 86.2 Å². The summed E-state index contributed by atoms with van der Waals surface area (Å²) in [5, 5.41) is 38.1. The van der Waals surface area contributed by atoms with Crippen LogP contribution in [0, 0.1) is 0 Å². The van der Waals surface area contributed by atoms with E-state index in [2.05, 4.69) is 18.7 Å². The third kappa shape index (κ3) is 9.02. The predicted molar refractivity (Wildman–Crippen MR) is 271 cm³/mol. The second kappa shape index (κ2) is 19.9. The fourth-order valence-electron chi connectivity index (χ4n) is 12.0. The van der Waals surface area contributed by atoms with Crippen LogP contribution in [-0.2, 0) is 81.2 Å². The van der Waals surface area contributed by atoms with Crippen LogP contribution in [0.1, 0.15) is 141 Å². The first-order valence-corrected chi connectivity index (χ1v) is 24.0. The number of methoxy groups -OCH3 is 4. The van der Waals surface area contributed by atoms with E-state index < -0.39 is 63.4 Å². The number of esters is 4. The number of allylic oxidation sites excluding steroid dienone is 9. The third-order valence-corrected chi connectivity index (χ3v) is 15.4. The van der Waals surface area contributed by atoms with Crippen LogP contribution in [0.25, 0.3) is 22.3 Å². The Bertz CT molecular complexity index is 3200. The fraction of sp³-hybridized carbons (Fsp3) is 0.351. The lowest BCUT2D eigenvalue weighted by atomic mass is 9.59. The number of aromatic nitrogens is 4. The molecule has 4 N–H and O–H groups in total. The van der Waals surface area contributed by atoms with Crippen molar-refractivity contribution in [2.75, 3.05) is 28.4 Å². The van der Waals surface area contributed by atoms with E-state index in [0.29, 0.717) is 33.4 Å². The highest BCUT2D eigenvalue weighted by atomic mass is 16.5. The van der Waals surface area contributed by atoms with Gasteiger partial charge in [0.15, 0.2) is 55.3 Å². The minimum atomic E-state index is -1.07. The molecule has 8 rings (SSSR count). The SMILES string of the molecule is C=C(O)C[n+]1cc(C(=O)OC)c2c(c1)C(C)=CC2(C)C1(C)C=C(C)c2c[n+](CC(=O)O)cc(C(=O)OC)c21.COC(=O)c1c[n+](CC(=O)O)cc2c1C(C)=CC2(C)C1(C)C=C(C)c2c(C(=O)OC)c[n+](CC(=O)O)cc21. The molecule has 4 aromatic heterocycles. The lowest BCUT2D eigenvalue weighted by Crippen LogP contribution is -2.47. The Hall–Kier alpha value is -8.61. The highest BCUT2D eigenvalue weighted by molar-refractivity contribution is 6.00.